The lowest BCUT2D eigenvalue weighted by Crippen LogP contribution is -2.41. The summed E-state index contributed by atoms with van der Waals surface area (Å²) in [6.07, 6.45) is 4.28. The molecule has 0 aliphatic carbocycles. The zero-order valence-corrected chi connectivity index (χ0v) is 13.8. The van der Waals surface area contributed by atoms with Gasteiger partial charge in [0.15, 0.2) is 0 Å². The van der Waals surface area contributed by atoms with E-state index in [0.29, 0.717) is 11.7 Å². The van der Waals surface area contributed by atoms with Crippen molar-refractivity contribution >= 4 is 11.7 Å². The number of piperidine rings is 1. The van der Waals surface area contributed by atoms with Crippen LogP contribution >= 0.6 is 0 Å². The average Bonchev–Trinajstić information content (AvgIpc) is 2.62. The SMILES string of the molecule is O=C(Nc1ccccc1)N1CCC(CCc2ccc(O)cc2)CC1. The van der Waals surface area contributed by atoms with E-state index in [-0.39, 0.29) is 6.03 Å². The van der Waals surface area contributed by atoms with Crippen LogP contribution in [0.4, 0.5) is 10.5 Å². The molecule has 0 saturated carbocycles. The zero-order chi connectivity index (χ0) is 16.8. The van der Waals surface area contributed by atoms with E-state index in [1.54, 1.807) is 12.1 Å². The predicted molar refractivity (Wildman–Crippen MR) is 96.2 cm³/mol. The van der Waals surface area contributed by atoms with E-state index >= 15 is 0 Å². The Balaban J connectivity index is 1.42. The quantitative estimate of drug-likeness (QED) is 0.882. The number of nitrogens with one attached hydrogen (secondary N) is 1. The maximum atomic E-state index is 12.3. The molecule has 1 fully saturated rings. The normalized spacial score (nSPS) is 15.2. The first-order chi connectivity index (χ1) is 11.7. The Morgan fingerprint density at radius 1 is 1.04 bits per heavy atom. The number of carbonyl (C=O) groups excluding carboxylic acids is 1. The molecular formula is C20H24N2O2. The number of phenols is 1. The molecule has 1 aliphatic heterocycles. The molecule has 2 N–H and O–H groups in total. The Bertz CT molecular complexity index is 647. The van der Waals surface area contributed by atoms with E-state index in [9.17, 15) is 9.90 Å². The first-order valence-electron chi connectivity index (χ1n) is 8.59. The second kappa shape index (κ2) is 7.86. The molecule has 1 saturated heterocycles. The Morgan fingerprint density at radius 2 is 1.71 bits per heavy atom. The Hall–Kier alpha value is -2.49. The van der Waals surface area contributed by atoms with E-state index < -0.39 is 0 Å². The minimum absolute atomic E-state index is 0.00168. The van der Waals surface area contributed by atoms with Gasteiger partial charge in [-0.15, -0.1) is 0 Å². The van der Waals surface area contributed by atoms with Gasteiger partial charge in [0, 0.05) is 18.8 Å². The number of hydrogen-bond donors (Lipinski definition) is 2. The molecular weight excluding hydrogens is 300 g/mol. The Labute approximate surface area is 143 Å². The first kappa shape index (κ1) is 16.4. The predicted octanol–water partition coefficient (Wildman–Crippen LogP) is 4.27. The van der Waals surface area contributed by atoms with Gasteiger partial charge in [-0.3, -0.25) is 0 Å². The molecule has 3 rings (SSSR count). The van der Waals surface area contributed by atoms with Gasteiger partial charge in [-0.25, -0.2) is 4.79 Å². The lowest BCUT2D eigenvalue weighted by Gasteiger charge is -2.32. The lowest BCUT2D eigenvalue weighted by atomic mass is 9.90. The van der Waals surface area contributed by atoms with Crippen molar-refractivity contribution in [3.63, 3.8) is 0 Å². The summed E-state index contributed by atoms with van der Waals surface area (Å²) < 4.78 is 0. The summed E-state index contributed by atoms with van der Waals surface area (Å²) in [6, 6.07) is 17.0. The number of rotatable bonds is 4. The molecule has 0 bridgehead atoms. The van der Waals surface area contributed by atoms with Crippen molar-refractivity contribution < 1.29 is 9.90 Å². The number of likely N-dealkylation sites (tertiary alicyclic amines) is 1. The number of phenolic OH excluding ortho intramolecular Hbond substituents is 1. The standard InChI is InChI=1S/C20H24N2O2/c23-19-10-8-16(9-11-19)6-7-17-12-14-22(15-13-17)20(24)21-18-4-2-1-3-5-18/h1-5,8-11,17,23H,6-7,12-15H2,(H,21,24). The van der Waals surface area contributed by atoms with Crippen molar-refractivity contribution in [3.05, 3.63) is 60.2 Å². The van der Waals surface area contributed by atoms with E-state index in [1.807, 2.05) is 47.4 Å². The second-order valence-corrected chi connectivity index (χ2v) is 6.43. The number of aromatic hydroxyl groups is 1. The summed E-state index contributed by atoms with van der Waals surface area (Å²) in [6.45, 7) is 1.64. The molecule has 24 heavy (non-hydrogen) atoms. The van der Waals surface area contributed by atoms with Crippen molar-refractivity contribution in [3.8, 4) is 5.75 Å². The number of aryl methyl sites for hydroxylation is 1. The molecule has 126 valence electrons. The third-order valence-electron chi connectivity index (χ3n) is 4.70. The first-order valence-corrected chi connectivity index (χ1v) is 8.59. The fraction of sp³-hybridized carbons (Fsp3) is 0.350. The van der Waals surface area contributed by atoms with Crippen LogP contribution < -0.4 is 5.32 Å². The smallest absolute Gasteiger partial charge is 0.321 e. The molecule has 0 radical (unpaired) electrons. The summed E-state index contributed by atoms with van der Waals surface area (Å²) in [5, 5.41) is 12.3. The number of amides is 2. The average molecular weight is 324 g/mol. The highest BCUT2D eigenvalue weighted by molar-refractivity contribution is 5.89. The van der Waals surface area contributed by atoms with E-state index in [0.717, 1.165) is 44.5 Å². The summed E-state index contributed by atoms with van der Waals surface area (Å²) >= 11 is 0. The van der Waals surface area contributed by atoms with Crippen molar-refractivity contribution in [2.24, 2.45) is 5.92 Å². The van der Waals surface area contributed by atoms with Crippen LogP contribution in [0.25, 0.3) is 0 Å². The Morgan fingerprint density at radius 3 is 2.38 bits per heavy atom. The highest BCUT2D eigenvalue weighted by Gasteiger charge is 2.22. The summed E-state index contributed by atoms with van der Waals surface area (Å²) in [4.78, 5) is 14.2. The molecule has 1 aliphatic rings. The monoisotopic (exact) mass is 324 g/mol. The van der Waals surface area contributed by atoms with E-state index in [4.69, 9.17) is 0 Å². The molecule has 2 amide bonds. The maximum Gasteiger partial charge on any atom is 0.321 e. The maximum absolute atomic E-state index is 12.3. The van der Waals surface area contributed by atoms with Crippen LogP contribution in [-0.4, -0.2) is 29.1 Å². The minimum Gasteiger partial charge on any atom is -0.508 e. The van der Waals surface area contributed by atoms with Gasteiger partial charge < -0.3 is 15.3 Å². The fourth-order valence-corrected chi connectivity index (χ4v) is 3.18. The lowest BCUT2D eigenvalue weighted by molar-refractivity contribution is 0.180. The van der Waals surface area contributed by atoms with Gasteiger partial charge in [0.2, 0.25) is 0 Å². The largest absolute Gasteiger partial charge is 0.508 e. The molecule has 1 heterocycles. The van der Waals surface area contributed by atoms with Gasteiger partial charge in [-0.05, 0) is 61.4 Å². The van der Waals surface area contributed by atoms with Crippen LogP contribution in [0.15, 0.2) is 54.6 Å². The number of hydrogen-bond acceptors (Lipinski definition) is 2. The third kappa shape index (κ3) is 4.51. The molecule has 4 nitrogen and oxygen atoms in total. The number of nitrogens with zero attached hydrogens (tertiary/aromatic N) is 1. The molecule has 0 spiro atoms. The summed E-state index contributed by atoms with van der Waals surface area (Å²) in [5.74, 6) is 0.982. The molecule has 0 unspecified atom stereocenters. The fourth-order valence-electron chi connectivity index (χ4n) is 3.18. The van der Waals surface area contributed by atoms with Crippen LogP contribution in [0.2, 0.25) is 0 Å². The van der Waals surface area contributed by atoms with Crippen LogP contribution in [0.5, 0.6) is 5.75 Å². The van der Waals surface area contributed by atoms with Crippen molar-refractivity contribution in [2.75, 3.05) is 18.4 Å². The van der Waals surface area contributed by atoms with Gasteiger partial charge in [-0.2, -0.15) is 0 Å². The number of benzene rings is 2. The van der Waals surface area contributed by atoms with Crippen LogP contribution in [0.1, 0.15) is 24.8 Å². The molecule has 4 heteroatoms. The molecule has 0 aromatic heterocycles. The van der Waals surface area contributed by atoms with E-state index in [1.165, 1.54) is 5.56 Å². The van der Waals surface area contributed by atoms with Gasteiger partial charge >= 0.3 is 6.03 Å². The topological polar surface area (TPSA) is 52.6 Å². The van der Waals surface area contributed by atoms with Gasteiger partial charge in [0.05, 0.1) is 0 Å². The van der Waals surface area contributed by atoms with Crippen molar-refractivity contribution in [2.45, 2.75) is 25.7 Å². The number of urea groups is 1. The van der Waals surface area contributed by atoms with Gasteiger partial charge in [0.1, 0.15) is 5.75 Å². The van der Waals surface area contributed by atoms with E-state index in [2.05, 4.69) is 5.32 Å². The van der Waals surface area contributed by atoms with Gasteiger partial charge in [-0.1, -0.05) is 30.3 Å². The summed E-state index contributed by atoms with van der Waals surface area (Å²) in [5.41, 5.74) is 2.11. The van der Waals surface area contributed by atoms with Crippen LogP contribution in [0, 0.1) is 5.92 Å². The van der Waals surface area contributed by atoms with Crippen molar-refractivity contribution in [1.82, 2.24) is 4.90 Å². The number of para-hydroxylation sites is 1. The highest BCUT2D eigenvalue weighted by atomic mass is 16.3. The second-order valence-electron chi connectivity index (χ2n) is 6.43. The number of carbonyl (C=O) groups is 1. The van der Waals surface area contributed by atoms with Crippen molar-refractivity contribution in [1.29, 1.82) is 0 Å². The molecule has 2 aromatic rings. The zero-order valence-electron chi connectivity index (χ0n) is 13.8. The number of anilines is 1. The molecule has 0 atom stereocenters. The van der Waals surface area contributed by atoms with Crippen LogP contribution in [-0.2, 0) is 6.42 Å². The van der Waals surface area contributed by atoms with Gasteiger partial charge in [0.25, 0.3) is 0 Å². The third-order valence-corrected chi connectivity index (χ3v) is 4.70. The highest BCUT2D eigenvalue weighted by Crippen LogP contribution is 2.23. The molecule has 2 aromatic carbocycles. The minimum atomic E-state index is -0.00168. The Kier molecular flexibility index (Phi) is 5.36. The summed E-state index contributed by atoms with van der Waals surface area (Å²) in [7, 11) is 0. The van der Waals surface area contributed by atoms with Crippen LogP contribution in [0.3, 0.4) is 0 Å².